The summed E-state index contributed by atoms with van der Waals surface area (Å²) in [4.78, 5) is 6.87. The average molecular weight is 295 g/mol. The predicted octanol–water partition coefficient (Wildman–Crippen LogP) is 3.62. The number of hydrogen-bond acceptors (Lipinski definition) is 4. The Balaban J connectivity index is 1.84. The number of methoxy groups -OCH3 is 1. The van der Waals surface area contributed by atoms with Crippen molar-refractivity contribution in [3.8, 4) is 11.8 Å². The summed E-state index contributed by atoms with van der Waals surface area (Å²) >= 11 is 0. The number of anilines is 1. The van der Waals surface area contributed by atoms with E-state index in [1.54, 1.807) is 7.11 Å². The van der Waals surface area contributed by atoms with Crippen molar-refractivity contribution in [1.82, 2.24) is 4.98 Å². The lowest BCUT2D eigenvalue weighted by Crippen LogP contribution is -2.35. The smallest absolute Gasteiger partial charge is 0.121 e. The molecule has 1 aliphatic heterocycles. The van der Waals surface area contributed by atoms with E-state index in [1.165, 1.54) is 5.69 Å². The van der Waals surface area contributed by atoms with E-state index in [2.05, 4.69) is 28.1 Å². The lowest BCUT2D eigenvalue weighted by molar-refractivity contribution is 0.342. The van der Waals surface area contributed by atoms with Gasteiger partial charge in [0.15, 0.2) is 0 Å². The molecule has 0 amide bonds. The molecule has 1 aromatic heterocycles. The molecule has 1 fully saturated rings. The van der Waals surface area contributed by atoms with Crippen molar-refractivity contribution in [3.05, 3.63) is 30.5 Å². The second-order valence-corrected chi connectivity index (χ2v) is 5.96. The highest BCUT2D eigenvalue weighted by Gasteiger charge is 2.24. The molecule has 22 heavy (non-hydrogen) atoms. The van der Waals surface area contributed by atoms with Gasteiger partial charge in [0.2, 0.25) is 0 Å². The van der Waals surface area contributed by atoms with Gasteiger partial charge in [0.1, 0.15) is 5.75 Å². The first-order valence-electron chi connectivity index (χ1n) is 7.80. The lowest BCUT2D eigenvalue weighted by atomic mass is 9.86. The zero-order valence-electron chi connectivity index (χ0n) is 13.1. The van der Waals surface area contributed by atoms with Crippen LogP contribution in [0.5, 0.6) is 5.75 Å². The summed E-state index contributed by atoms with van der Waals surface area (Å²) in [6.45, 7) is 4.04. The van der Waals surface area contributed by atoms with Gasteiger partial charge in [0.05, 0.1) is 18.7 Å². The molecule has 3 rings (SSSR count). The van der Waals surface area contributed by atoms with Crippen LogP contribution in [0.25, 0.3) is 10.9 Å². The van der Waals surface area contributed by atoms with Crippen molar-refractivity contribution < 1.29 is 4.74 Å². The maximum atomic E-state index is 9.08. The van der Waals surface area contributed by atoms with Crippen LogP contribution < -0.4 is 9.64 Å². The largest absolute Gasteiger partial charge is 0.497 e. The Labute approximate surface area is 131 Å². The summed E-state index contributed by atoms with van der Waals surface area (Å²) in [5.41, 5.74) is 2.19. The summed E-state index contributed by atoms with van der Waals surface area (Å²) in [5, 5.41) is 10.2. The van der Waals surface area contributed by atoms with E-state index in [0.717, 1.165) is 42.6 Å². The Morgan fingerprint density at radius 1 is 1.32 bits per heavy atom. The summed E-state index contributed by atoms with van der Waals surface area (Å²) < 4.78 is 5.28. The third-order valence-electron chi connectivity index (χ3n) is 4.72. The van der Waals surface area contributed by atoms with Gasteiger partial charge in [-0.3, -0.25) is 4.98 Å². The Morgan fingerprint density at radius 2 is 2.09 bits per heavy atom. The van der Waals surface area contributed by atoms with Gasteiger partial charge in [0, 0.05) is 42.3 Å². The van der Waals surface area contributed by atoms with Crippen LogP contribution in [0.3, 0.4) is 0 Å². The van der Waals surface area contributed by atoms with Gasteiger partial charge >= 0.3 is 0 Å². The highest BCUT2D eigenvalue weighted by atomic mass is 16.5. The molecular formula is C18H21N3O. The number of hydrogen-bond donors (Lipinski definition) is 0. The molecule has 0 spiro atoms. The van der Waals surface area contributed by atoms with E-state index in [9.17, 15) is 0 Å². The maximum absolute atomic E-state index is 9.08. The molecule has 2 heterocycles. The minimum absolute atomic E-state index is 0.153. The predicted molar refractivity (Wildman–Crippen MR) is 88.0 cm³/mol. The van der Waals surface area contributed by atoms with Crippen LogP contribution in [0.1, 0.15) is 19.8 Å². The number of ether oxygens (including phenoxy) is 1. The molecule has 0 radical (unpaired) electrons. The van der Waals surface area contributed by atoms with Crippen molar-refractivity contribution in [1.29, 1.82) is 5.26 Å². The van der Waals surface area contributed by atoms with E-state index >= 15 is 0 Å². The van der Waals surface area contributed by atoms with Crippen molar-refractivity contribution in [2.24, 2.45) is 11.8 Å². The maximum Gasteiger partial charge on any atom is 0.121 e. The quantitative estimate of drug-likeness (QED) is 0.867. The topological polar surface area (TPSA) is 49.1 Å². The highest BCUT2D eigenvalue weighted by Crippen LogP contribution is 2.32. The number of benzene rings is 1. The number of rotatable bonds is 3. The zero-order valence-corrected chi connectivity index (χ0v) is 13.1. The first-order valence-corrected chi connectivity index (χ1v) is 7.80. The zero-order chi connectivity index (χ0) is 15.5. The van der Waals surface area contributed by atoms with Crippen LogP contribution in [-0.2, 0) is 0 Å². The van der Waals surface area contributed by atoms with Crippen LogP contribution in [-0.4, -0.2) is 25.2 Å². The first-order chi connectivity index (χ1) is 10.7. The SMILES string of the molecule is COc1ccc2c(N3CCC(C(C)C#N)CC3)ccnc2c1. The number of aromatic nitrogens is 1. The molecule has 4 nitrogen and oxygen atoms in total. The Morgan fingerprint density at radius 3 is 2.77 bits per heavy atom. The number of pyridine rings is 1. The molecule has 1 unspecified atom stereocenters. The Hall–Kier alpha value is -2.28. The molecule has 1 aromatic carbocycles. The van der Waals surface area contributed by atoms with Crippen LogP contribution in [0.15, 0.2) is 30.5 Å². The third-order valence-corrected chi connectivity index (χ3v) is 4.72. The molecule has 114 valence electrons. The van der Waals surface area contributed by atoms with Crippen LogP contribution in [0.4, 0.5) is 5.69 Å². The van der Waals surface area contributed by atoms with Crippen molar-refractivity contribution >= 4 is 16.6 Å². The monoisotopic (exact) mass is 295 g/mol. The minimum atomic E-state index is 0.153. The molecule has 1 atom stereocenters. The van der Waals surface area contributed by atoms with E-state index in [4.69, 9.17) is 10.00 Å². The fourth-order valence-corrected chi connectivity index (χ4v) is 3.26. The average Bonchev–Trinajstić information content (AvgIpc) is 2.60. The molecular weight excluding hydrogens is 274 g/mol. The Bertz CT molecular complexity index is 699. The molecule has 2 aromatic rings. The second-order valence-electron chi connectivity index (χ2n) is 5.96. The summed E-state index contributed by atoms with van der Waals surface area (Å²) in [6.07, 6.45) is 4.02. The van der Waals surface area contributed by atoms with Gasteiger partial charge in [-0.2, -0.15) is 5.26 Å². The molecule has 0 N–H and O–H groups in total. The number of piperidine rings is 1. The Kier molecular flexibility index (Phi) is 4.15. The van der Waals surface area contributed by atoms with Gasteiger partial charge in [-0.15, -0.1) is 0 Å². The van der Waals surface area contributed by atoms with Crippen molar-refractivity contribution in [2.75, 3.05) is 25.1 Å². The summed E-state index contributed by atoms with van der Waals surface area (Å²) in [5.74, 6) is 1.51. The lowest BCUT2D eigenvalue weighted by Gasteiger charge is -2.35. The van der Waals surface area contributed by atoms with Crippen molar-refractivity contribution in [3.63, 3.8) is 0 Å². The molecule has 0 bridgehead atoms. The summed E-state index contributed by atoms with van der Waals surface area (Å²) in [7, 11) is 1.67. The minimum Gasteiger partial charge on any atom is -0.497 e. The first kappa shape index (κ1) is 14.6. The number of fused-ring (bicyclic) bond motifs is 1. The van der Waals surface area contributed by atoms with Crippen molar-refractivity contribution in [2.45, 2.75) is 19.8 Å². The van der Waals surface area contributed by atoms with Gasteiger partial charge in [0.25, 0.3) is 0 Å². The van der Waals surface area contributed by atoms with Crippen LogP contribution in [0.2, 0.25) is 0 Å². The van der Waals surface area contributed by atoms with Gasteiger partial charge in [-0.05, 0) is 43.9 Å². The van der Waals surface area contributed by atoms with Gasteiger partial charge in [-0.25, -0.2) is 0 Å². The molecule has 0 aliphatic carbocycles. The van der Waals surface area contributed by atoms with E-state index < -0.39 is 0 Å². The van der Waals surface area contributed by atoms with E-state index in [1.807, 2.05) is 25.3 Å². The van der Waals surface area contributed by atoms with Gasteiger partial charge < -0.3 is 9.64 Å². The normalized spacial score (nSPS) is 17.2. The third kappa shape index (κ3) is 2.71. The molecule has 1 aliphatic rings. The fraction of sp³-hybridized carbons (Fsp3) is 0.444. The van der Waals surface area contributed by atoms with Crippen LogP contribution in [0, 0.1) is 23.2 Å². The number of nitriles is 1. The fourth-order valence-electron chi connectivity index (χ4n) is 3.26. The summed E-state index contributed by atoms with van der Waals surface area (Å²) in [6, 6.07) is 10.5. The highest BCUT2D eigenvalue weighted by molar-refractivity contribution is 5.92. The van der Waals surface area contributed by atoms with E-state index in [0.29, 0.717) is 5.92 Å². The second kappa shape index (κ2) is 6.23. The molecule has 0 saturated carbocycles. The number of nitrogens with zero attached hydrogens (tertiary/aromatic N) is 3. The standard InChI is InChI=1S/C18H21N3O/c1-13(12-19)14-6-9-21(10-7-14)18-5-8-20-17-11-15(22-2)3-4-16(17)18/h3-5,8,11,13-14H,6-7,9-10H2,1-2H3. The molecule has 4 heteroatoms. The van der Waals surface area contributed by atoms with Crippen LogP contribution >= 0.6 is 0 Å². The molecule has 1 saturated heterocycles. The van der Waals surface area contributed by atoms with E-state index in [-0.39, 0.29) is 5.92 Å². The van der Waals surface area contributed by atoms with Gasteiger partial charge in [-0.1, -0.05) is 0 Å².